The van der Waals surface area contributed by atoms with Gasteiger partial charge in [-0.3, -0.25) is 19.1 Å². The van der Waals surface area contributed by atoms with E-state index in [1.54, 1.807) is 61.1 Å². The summed E-state index contributed by atoms with van der Waals surface area (Å²) in [6.07, 6.45) is -4.58. The number of nitrogens with one attached hydrogen (secondary N) is 2. The van der Waals surface area contributed by atoms with E-state index in [1.165, 1.54) is 16.8 Å². The number of carbonyl (C=O) groups is 3. The summed E-state index contributed by atoms with van der Waals surface area (Å²) in [5.41, 5.74) is -0.0232. The molecule has 0 saturated carbocycles. The first kappa shape index (κ1) is 30.2. The molecule has 13 heteroatoms. The van der Waals surface area contributed by atoms with E-state index in [0.717, 1.165) is 30.0 Å². The van der Waals surface area contributed by atoms with Crippen molar-refractivity contribution in [2.24, 2.45) is 7.05 Å². The maximum absolute atomic E-state index is 13.0. The van der Waals surface area contributed by atoms with E-state index in [2.05, 4.69) is 10.6 Å². The van der Waals surface area contributed by atoms with Crippen LogP contribution in [0.25, 0.3) is 5.69 Å². The number of hydrogen-bond donors (Lipinski definition) is 2. The number of para-hydroxylation sites is 1. The number of ether oxygens (including phenoxy) is 1. The average molecular weight is 599 g/mol. The molecule has 1 heterocycles. The zero-order valence-electron chi connectivity index (χ0n) is 22.4. The van der Waals surface area contributed by atoms with Crippen molar-refractivity contribution in [2.75, 3.05) is 23.0 Å². The van der Waals surface area contributed by atoms with Gasteiger partial charge in [0.05, 0.1) is 28.3 Å². The van der Waals surface area contributed by atoms with Crippen LogP contribution in [0.3, 0.4) is 0 Å². The molecule has 3 aromatic carbocycles. The number of carbonyl (C=O) groups excluding carboxylic acids is 3. The minimum Gasteiger partial charge on any atom is -0.452 e. The molecule has 0 fully saturated rings. The summed E-state index contributed by atoms with van der Waals surface area (Å²) in [4.78, 5) is 51.1. The molecule has 0 aliphatic heterocycles. The standard InChI is InChI=1S/C29H25F3N4O5S/c1-18-26(27(39)36(35(18)2)21-11-4-3-5-12-21)34-25(38)17-42-23-14-7-6-13-22(23)28(40)41-16-24(37)33-20-10-8-9-19(15-20)29(30,31)32/h3-15H,16-17H2,1-2H3,(H,33,37)(H,34,38). The first-order valence-electron chi connectivity index (χ1n) is 12.5. The number of rotatable bonds is 9. The monoisotopic (exact) mass is 598 g/mol. The largest absolute Gasteiger partial charge is 0.452 e. The lowest BCUT2D eigenvalue weighted by Crippen LogP contribution is -2.23. The Morgan fingerprint density at radius 3 is 2.31 bits per heavy atom. The Morgan fingerprint density at radius 1 is 0.905 bits per heavy atom. The topological polar surface area (TPSA) is 111 Å². The molecule has 9 nitrogen and oxygen atoms in total. The van der Waals surface area contributed by atoms with Crippen LogP contribution < -0.4 is 16.2 Å². The average Bonchev–Trinajstić information content (AvgIpc) is 3.17. The van der Waals surface area contributed by atoms with Crippen molar-refractivity contribution in [3.8, 4) is 5.69 Å². The van der Waals surface area contributed by atoms with Crippen LogP contribution >= 0.6 is 11.8 Å². The number of anilines is 2. The molecule has 218 valence electrons. The molecule has 0 spiro atoms. The van der Waals surface area contributed by atoms with Crippen LogP contribution in [-0.4, -0.2) is 39.5 Å². The molecule has 0 aliphatic carbocycles. The predicted molar refractivity (Wildman–Crippen MR) is 152 cm³/mol. The zero-order chi connectivity index (χ0) is 30.4. The zero-order valence-corrected chi connectivity index (χ0v) is 23.2. The Morgan fingerprint density at radius 2 is 1.60 bits per heavy atom. The van der Waals surface area contributed by atoms with Gasteiger partial charge in [-0.2, -0.15) is 13.2 Å². The Kier molecular flexibility index (Phi) is 9.21. The maximum atomic E-state index is 13.0. The summed E-state index contributed by atoms with van der Waals surface area (Å²) in [7, 11) is 1.70. The molecular formula is C29H25F3N4O5S. The smallest absolute Gasteiger partial charge is 0.416 e. The molecule has 42 heavy (non-hydrogen) atoms. The Labute approximate surface area is 242 Å². The normalized spacial score (nSPS) is 11.2. The van der Waals surface area contributed by atoms with Gasteiger partial charge >= 0.3 is 12.1 Å². The number of benzene rings is 3. The second-order valence-corrected chi connectivity index (χ2v) is 9.99. The van der Waals surface area contributed by atoms with Gasteiger partial charge in [-0.15, -0.1) is 11.8 Å². The summed E-state index contributed by atoms with van der Waals surface area (Å²) in [5.74, 6) is -2.30. The summed E-state index contributed by atoms with van der Waals surface area (Å²) in [5, 5.41) is 4.91. The molecule has 0 radical (unpaired) electrons. The fourth-order valence-corrected chi connectivity index (χ4v) is 4.81. The lowest BCUT2D eigenvalue weighted by molar-refractivity contribution is -0.137. The van der Waals surface area contributed by atoms with E-state index in [0.29, 0.717) is 16.3 Å². The minimum absolute atomic E-state index is 0.0875. The van der Waals surface area contributed by atoms with Gasteiger partial charge in [-0.1, -0.05) is 36.4 Å². The third kappa shape index (κ3) is 7.10. The number of halogens is 3. The molecule has 4 aromatic rings. The summed E-state index contributed by atoms with van der Waals surface area (Å²) >= 11 is 1.03. The molecular weight excluding hydrogens is 573 g/mol. The first-order chi connectivity index (χ1) is 20.0. The highest BCUT2D eigenvalue weighted by atomic mass is 32.2. The Balaban J connectivity index is 1.36. The molecule has 0 atom stereocenters. The quantitative estimate of drug-likeness (QED) is 0.207. The van der Waals surface area contributed by atoms with E-state index in [4.69, 9.17) is 4.74 Å². The lowest BCUT2D eigenvalue weighted by Gasteiger charge is -2.11. The van der Waals surface area contributed by atoms with Crippen LogP contribution in [0, 0.1) is 6.92 Å². The molecule has 0 aliphatic rings. The van der Waals surface area contributed by atoms with E-state index in [-0.39, 0.29) is 22.7 Å². The summed E-state index contributed by atoms with van der Waals surface area (Å²) < 4.78 is 46.8. The van der Waals surface area contributed by atoms with Gasteiger partial charge in [0.25, 0.3) is 11.5 Å². The van der Waals surface area contributed by atoms with Gasteiger partial charge < -0.3 is 15.4 Å². The van der Waals surface area contributed by atoms with Crippen molar-refractivity contribution < 1.29 is 32.3 Å². The highest BCUT2D eigenvalue weighted by molar-refractivity contribution is 8.00. The second-order valence-electron chi connectivity index (χ2n) is 8.97. The first-order valence-corrected chi connectivity index (χ1v) is 13.4. The van der Waals surface area contributed by atoms with Gasteiger partial charge in [0.2, 0.25) is 5.91 Å². The second kappa shape index (κ2) is 12.8. The molecule has 2 N–H and O–H groups in total. The number of alkyl halides is 3. The van der Waals surface area contributed by atoms with E-state index in [9.17, 15) is 32.3 Å². The Bertz CT molecular complexity index is 1680. The van der Waals surface area contributed by atoms with Gasteiger partial charge in [-0.05, 0) is 49.4 Å². The molecule has 2 amide bonds. The number of thioether (sulfide) groups is 1. The van der Waals surface area contributed by atoms with E-state index >= 15 is 0 Å². The number of aromatic nitrogens is 2. The molecule has 0 bridgehead atoms. The van der Waals surface area contributed by atoms with Gasteiger partial charge in [0.15, 0.2) is 6.61 Å². The number of nitrogens with zero attached hydrogens (tertiary/aromatic N) is 2. The Hall–Kier alpha value is -4.78. The fourth-order valence-electron chi connectivity index (χ4n) is 3.97. The van der Waals surface area contributed by atoms with E-state index in [1.807, 2.05) is 6.07 Å². The van der Waals surface area contributed by atoms with Crippen LogP contribution in [0.5, 0.6) is 0 Å². The van der Waals surface area contributed by atoms with Crippen LogP contribution in [0.1, 0.15) is 21.6 Å². The predicted octanol–water partition coefficient (Wildman–Crippen LogP) is 5.03. The molecule has 0 saturated heterocycles. The third-order valence-electron chi connectivity index (χ3n) is 6.09. The third-order valence-corrected chi connectivity index (χ3v) is 7.17. The summed E-state index contributed by atoms with van der Waals surface area (Å²) in [6.45, 7) is 0.966. The van der Waals surface area contributed by atoms with Crippen LogP contribution in [0.2, 0.25) is 0 Å². The molecule has 0 unspecified atom stereocenters. The van der Waals surface area contributed by atoms with Crippen molar-refractivity contribution in [3.05, 3.63) is 106 Å². The van der Waals surface area contributed by atoms with Crippen molar-refractivity contribution in [2.45, 2.75) is 18.0 Å². The highest BCUT2D eigenvalue weighted by Crippen LogP contribution is 2.30. The number of hydrogen-bond acceptors (Lipinski definition) is 6. The van der Waals surface area contributed by atoms with Crippen molar-refractivity contribution in [3.63, 3.8) is 0 Å². The lowest BCUT2D eigenvalue weighted by atomic mass is 10.2. The van der Waals surface area contributed by atoms with Crippen LogP contribution in [-0.2, 0) is 27.5 Å². The van der Waals surface area contributed by atoms with Crippen LogP contribution in [0.15, 0.2) is 88.6 Å². The van der Waals surface area contributed by atoms with Gasteiger partial charge in [0, 0.05) is 17.6 Å². The van der Waals surface area contributed by atoms with Gasteiger partial charge in [-0.25, -0.2) is 9.48 Å². The molecule has 1 aromatic heterocycles. The van der Waals surface area contributed by atoms with Crippen molar-refractivity contribution in [1.29, 1.82) is 0 Å². The number of amides is 2. The van der Waals surface area contributed by atoms with Crippen LogP contribution in [0.4, 0.5) is 24.5 Å². The number of esters is 1. The fraction of sp³-hybridized carbons (Fsp3) is 0.172. The molecule has 4 rings (SSSR count). The SMILES string of the molecule is Cc1c(NC(=O)CSc2ccccc2C(=O)OCC(=O)Nc2cccc(C(F)(F)F)c2)c(=O)n(-c2ccccc2)n1C. The highest BCUT2D eigenvalue weighted by Gasteiger charge is 2.30. The van der Waals surface area contributed by atoms with Crippen molar-refractivity contribution >= 4 is 40.9 Å². The van der Waals surface area contributed by atoms with Crippen molar-refractivity contribution in [1.82, 2.24) is 9.36 Å². The summed E-state index contributed by atoms with van der Waals surface area (Å²) in [6, 6.07) is 19.3. The maximum Gasteiger partial charge on any atom is 0.416 e. The minimum atomic E-state index is -4.58. The van der Waals surface area contributed by atoms with Gasteiger partial charge in [0.1, 0.15) is 5.69 Å². The van der Waals surface area contributed by atoms with E-state index < -0.39 is 41.7 Å².